The third-order valence-electron chi connectivity index (χ3n) is 2.89. The second-order valence-electron chi connectivity index (χ2n) is 4.27. The summed E-state index contributed by atoms with van der Waals surface area (Å²) in [6.45, 7) is 3.97. The fraction of sp³-hybridized carbons (Fsp3) is 0.909. The van der Waals surface area contributed by atoms with Crippen molar-refractivity contribution in [2.45, 2.75) is 12.8 Å². The van der Waals surface area contributed by atoms with Gasteiger partial charge in [0.05, 0.1) is 5.75 Å². The highest BCUT2D eigenvalue weighted by atomic mass is 32.2. The largest absolute Gasteiger partial charge is 0.396 e. The number of rotatable bonds is 6. The summed E-state index contributed by atoms with van der Waals surface area (Å²) in [5.41, 5.74) is 0. The lowest BCUT2D eigenvalue weighted by Crippen LogP contribution is -2.41. The van der Waals surface area contributed by atoms with Crippen molar-refractivity contribution in [3.05, 3.63) is 0 Å². The van der Waals surface area contributed by atoms with Gasteiger partial charge < -0.3 is 15.3 Å². The first kappa shape index (κ1) is 13.8. The van der Waals surface area contributed by atoms with Gasteiger partial charge in [0.25, 0.3) is 0 Å². The van der Waals surface area contributed by atoms with Gasteiger partial charge in [-0.3, -0.25) is 4.79 Å². The molecule has 5 heteroatoms. The van der Waals surface area contributed by atoms with Crippen LogP contribution in [0.25, 0.3) is 0 Å². The number of thioether (sulfide) groups is 1. The monoisotopic (exact) mass is 246 g/mol. The fourth-order valence-electron chi connectivity index (χ4n) is 2.04. The molecule has 4 nitrogen and oxygen atoms in total. The molecule has 1 heterocycles. The van der Waals surface area contributed by atoms with Gasteiger partial charge in [0.1, 0.15) is 0 Å². The number of aliphatic hydroxyl groups excluding tert-OH is 1. The second kappa shape index (κ2) is 7.92. The van der Waals surface area contributed by atoms with Crippen LogP contribution >= 0.6 is 11.8 Å². The van der Waals surface area contributed by atoms with E-state index in [0.717, 1.165) is 39.0 Å². The molecular formula is C11H22N2O2S. The molecule has 0 aliphatic carbocycles. The summed E-state index contributed by atoms with van der Waals surface area (Å²) in [7, 11) is 0. The van der Waals surface area contributed by atoms with Crippen molar-refractivity contribution in [1.82, 2.24) is 10.2 Å². The van der Waals surface area contributed by atoms with E-state index >= 15 is 0 Å². The number of aliphatic hydroxyl groups is 1. The van der Waals surface area contributed by atoms with Gasteiger partial charge in [0, 0.05) is 26.2 Å². The highest BCUT2D eigenvalue weighted by Crippen LogP contribution is 2.14. The number of likely N-dealkylation sites (tertiary alicyclic amines) is 1. The molecule has 16 heavy (non-hydrogen) atoms. The molecule has 1 fully saturated rings. The first-order valence-corrected chi connectivity index (χ1v) is 7.24. The van der Waals surface area contributed by atoms with E-state index in [2.05, 4.69) is 10.2 Å². The number of hydrogen-bond acceptors (Lipinski definition) is 4. The lowest BCUT2D eigenvalue weighted by atomic mass is 9.99. The van der Waals surface area contributed by atoms with Crippen LogP contribution in [0.5, 0.6) is 0 Å². The number of piperidine rings is 1. The SMILES string of the molecule is CSCC(=O)NCCN1CCCC(CO)C1. The molecule has 1 unspecified atom stereocenters. The second-order valence-corrected chi connectivity index (χ2v) is 5.14. The van der Waals surface area contributed by atoms with E-state index in [0.29, 0.717) is 11.7 Å². The van der Waals surface area contributed by atoms with Crippen LogP contribution in [0, 0.1) is 5.92 Å². The van der Waals surface area contributed by atoms with Gasteiger partial charge in [-0.05, 0) is 31.6 Å². The Kier molecular flexibility index (Phi) is 6.84. The van der Waals surface area contributed by atoms with E-state index in [1.807, 2.05) is 6.26 Å². The van der Waals surface area contributed by atoms with E-state index in [1.54, 1.807) is 11.8 Å². The average molecular weight is 246 g/mol. The van der Waals surface area contributed by atoms with Gasteiger partial charge >= 0.3 is 0 Å². The topological polar surface area (TPSA) is 52.6 Å². The number of nitrogens with one attached hydrogen (secondary N) is 1. The normalized spacial score (nSPS) is 22.0. The van der Waals surface area contributed by atoms with Crippen LogP contribution in [0.2, 0.25) is 0 Å². The van der Waals surface area contributed by atoms with E-state index in [1.165, 1.54) is 0 Å². The Morgan fingerprint density at radius 2 is 2.44 bits per heavy atom. The minimum absolute atomic E-state index is 0.114. The molecule has 1 amide bonds. The molecule has 0 radical (unpaired) electrons. The Bertz CT molecular complexity index is 214. The molecule has 2 N–H and O–H groups in total. The van der Waals surface area contributed by atoms with Crippen molar-refractivity contribution in [2.75, 3.05) is 44.8 Å². The smallest absolute Gasteiger partial charge is 0.230 e. The van der Waals surface area contributed by atoms with Crippen LogP contribution in [0.3, 0.4) is 0 Å². The van der Waals surface area contributed by atoms with E-state index in [4.69, 9.17) is 5.11 Å². The first-order valence-electron chi connectivity index (χ1n) is 5.85. The Hall–Kier alpha value is -0.260. The standard InChI is InChI=1S/C11H22N2O2S/c1-16-9-11(15)12-4-6-13-5-2-3-10(7-13)8-14/h10,14H,2-9H2,1H3,(H,12,15). The average Bonchev–Trinajstić information content (AvgIpc) is 2.30. The fourth-order valence-corrected chi connectivity index (χ4v) is 2.40. The van der Waals surface area contributed by atoms with Gasteiger partial charge in [-0.1, -0.05) is 0 Å². The first-order chi connectivity index (χ1) is 7.76. The highest BCUT2D eigenvalue weighted by Gasteiger charge is 2.18. The summed E-state index contributed by atoms with van der Waals surface area (Å²) in [5.74, 6) is 1.08. The summed E-state index contributed by atoms with van der Waals surface area (Å²) in [4.78, 5) is 13.5. The molecule has 0 bridgehead atoms. The summed E-state index contributed by atoms with van der Waals surface area (Å²) < 4.78 is 0. The Morgan fingerprint density at radius 1 is 1.62 bits per heavy atom. The third kappa shape index (κ3) is 5.18. The van der Waals surface area contributed by atoms with Crippen molar-refractivity contribution in [1.29, 1.82) is 0 Å². The molecule has 1 rings (SSSR count). The molecular weight excluding hydrogens is 224 g/mol. The number of amides is 1. The van der Waals surface area contributed by atoms with E-state index in [9.17, 15) is 4.79 Å². The zero-order chi connectivity index (χ0) is 11.8. The van der Waals surface area contributed by atoms with Crippen LogP contribution in [-0.4, -0.2) is 60.7 Å². The minimum Gasteiger partial charge on any atom is -0.396 e. The summed E-state index contributed by atoms with van der Waals surface area (Å²) in [6.07, 6.45) is 4.21. The molecule has 1 atom stereocenters. The number of carbonyl (C=O) groups is 1. The summed E-state index contributed by atoms with van der Waals surface area (Å²) >= 11 is 1.54. The zero-order valence-electron chi connectivity index (χ0n) is 9.95. The van der Waals surface area contributed by atoms with Crippen molar-refractivity contribution in [2.24, 2.45) is 5.92 Å². The van der Waals surface area contributed by atoms with Crippen LogP contribution in [-0.2, 0) is 4.79 Å². The molecule has 0 aromatic carbocycles. The van der Waals surface area contributed by atoms with Crippen molar-refractivity contribution in [3.63, 3.8) is 0 Å². The lowest BCUT2D eigenvalue weighted by Gasteiger charge is -2.31. The van der Waals surface area contributed by atoms with E-state index < -0.39 is 0 Å². The summed E-state index contributed by atoms with van der Waals surface area (Å²) in [5, 5.41) is 12.0. The Morgan fingerprint density at radius 3 is 3.12 bits per heavy atom. The molecule has 0 spiro atoms. The maximum absolute atomic E-state index is 11.2. The van der Waals surface area contributed by atoms with E-state index in [-0.39, 0.29) is 12.5 Å². The highest BCUT2D eigenvalue weighted by molar-refractivity contribution is 7.99. The Balaban J connectivity index is 2.10. The maximum atomic E-state index is 11.2. The Labute approximate surface area is 102 Å². The van der Waals surface area contributed by atoms with Gasteiger partial charge in [-0.15, -0.1) is 0 Å². The molecule has 0 aromatic heterocycles. The molecule has 1 saturated heterocycles. The third-order valence-corrected chi connectivity index (χ3v) is 3.44. The van der Waals surface area contributed by atoms with Crippen LogP contribution in [0.1, 0.15) is 12.8 Å². The molecule has 0 saturated carbocycles. The zero-order valence-corrected chi connectivity index (χ0v) is 10.8. The molecule has 94 valence electrons. The number of carbonyl (C=O) groups excluding carboxylic acids is 1. The number of hydrogen-bond donors (Lipinski definition) is 2. The number of nitrogens with zero attached hydrogens (tertiary/aromatic N) is 1. The van der Waals surface area contributed by atoms with Crippen molar-refractivity contribution in [3.8, 4) is 0 Å². The van der Waals surface area contributed by atoms with Crippen LogP contribution < -0.4 is 5.32 Å². The quantitative estimate of drug-likeness (QED) is 0.701. The predicted molar refractivity (Wildman–Crippen MR) is 67.6 cm³/mol. The molecule has 1 aliphatic rings. The minimum atomic E-state index is 0.114. The van der Waals surface area contributed by atoms with Crippen LogP contribution in [0.4, 0.5) is 0 Å². The van der Waals surface area contributed by atoms with Crippen molar-refractivity contribution < 1.29 is 9.90 Å². The van der Waals surface area contributed by atoms with Gasteiger partial charge in [-0.25, -0.2) is 0 Å². The van der Waals surface area contributed by atoms with Gasteiger partial charge in [-0.2, -0.15) is 11.8 Å². The molecule has 0 aromatic rings. The maximum Gasteiger partial charge on any atom is 0.230 e. The van der Waals surface area contributed by atoms with Crippen molar-refractivity contribution >= 4 is 17.7 Å². The van der Waals surface area contributed by atoms with Gasteiger partial charge in [0.2, 0.25) is 5.91 Å². The van der Waals surface area contributed by atoms with Gasteiger partial charge in [0.15, 0.2) is 0 Å². The lowest BCUT2D eigenvalue weighted by molar-refractivity contribution is -0.118. The molecule has 1 aliphatic heterocycles. The predicted octanol–water partition coefficient (Wildman–Crippen LogP) is 0.170. The summed E-state index contributed by atoms with van der Waals surface area (Å²) in [6, 6.07) is 0. The van der Waals surface area contributed by atoms with Crippen LogP contribution in [0.15, 0.2) is 0 Å².